The van der Waals surface area contributed by atoms with Gasteiger partial charge in [0.1, 0.15) is 5.82 Å². The summed E-state index contributed by atoms with van der Waals surface area (Å²) in [4.78, 5) is 20.6. The van der Waals surface area contributed by atoms with E-state index in [9.17, 15) is 17.6 Å². The molecular formula is C28H28FN3O3S2. The average molecular weight is 538 g/mol. The van der Waals surface area contributed by atoms with Crippen molar-refractivity contribution in [2.24, 2.45) is 5.92 Å². The van der Waals surface area contributed by atoms with Gasteiger partial charge in [0.2, 0.25) is 15.9 Å². The van der Waals surface area contributed by atoms with E-state index >= 15 is 0 Å². The molecule has 1 amide bonds. The number of aryl methyl sites for hydroxylation is 1. The minimum Gasteiger partial charge on any atom is -0.283 e. The lowest BCUT2D eigenvalue weighted by molar-refractivity contribution is -0.123. The molecule has 0 spiro atoms. The summed E-state index contributed by atoms with van der Waals surface area (Å²) in [7, 11) is -3.74. The molecule has 0 bridgehead atoms. The highest BCUT2D eigenvalue weighted by atomic mass is 32.2. The van der Waals surface area contributed by atoms with Crippen molar-refractivity contribution in [1.82, 2.24) is 9.29 Å². The Kier molecular flexibility index (Phi) is 7.37. The zero-order chi connectivity index (χ0) is 26.0. The third-order valence-electron chi connectivity index (χ3n) is 6.81. The van der Waals surface area contributed by atoms with Gasteiger partial charge in [0.25, 0.3) is 0 Å². The van der Waals surface area contributed by atoms with E-state index in [-0.39, 0.29) is 29.8 Å². The van der Waals surface area contributed by atoms with Crippen molar-refractivity contribution >= 4 is 42.6 Å². The fraction of sp³-hybridized carbons (Fsp3) is 0.286. The molecule has 192 valence electrons. The number of aromatic nitrogens is 1. The standard InChI is InChI=1S/C28H28FN3O3S2/c1-2-21-9-6-10-25-26(21)30-28(36-25)32(19-20-7-4-3-5-8-20)27(33)22-15-17-31(18-16-22)37(34,35)24-13-11-23(29)12-14-24/h3-14,22H,2,15-19H2,1H3. The summed E-state index contributed by atoms with van der Waals surface area (Å²) in [6.07, 6.45) is 1.68. The molecule has 6 nitrogen and oxygen atoms in total. The van der Waals surface area contributed by atoms with E-state index in [2.05, 4.69) is 13.0 Å². The number of amides is 1. The molecule has 1 aliphatic heterocycles. The molecule has 1 aromatic heterocycles. The summed E-state index contributed by atoms with van der Waals surface area (Å²) in [5.41, 5.74) is 3.07. The number of para-hydroxylation sites is 1. The van der Waals surface area contributed by atoms with Gasteiger partial charge in [-0.2, -0.15) is 4.31 Å². The first kappa shape index (κ1) is 25.5. The van der Waals surface area contributed by atoms with Gasteiger partial charge in [0.05, 0.1) is 21.7 Å². The van der Waals surface area contributed by atoms with Gasteiger partial charge in [0.15, 0.2) is 5.13 Å². The highest BCUT2D eigenvalue weighted by molar-refractivity contribution is 7.89. The molecule has 1 fully saturated rings. The topological polar surface area (TPSA) is 70.6 Å². The van der Waals surface area contributed by atoms with E-state index < -0.39 is 15.8 Å². The molecule has 9 heteroatoms. The number of hydrogen-bond acceptors (Lipinski definition) is 5. The van der Waals surface area contributed by atoms with Crippen molar-refractivity contribution in [2.45, 2.75) is 37.6 Å². The first-order chi connectivity index (χ1) is 17.9. The number of rotatable bonds is 7. The van der Waals surface area contributed by atoms with Crippen LogP contribution >= 0.6 is 11.3 Å². The van der Waals surface area contributed by atoms with Gasteiger partial charge < -0.3 is 0 Å². The Morgan fingerprint density at radius 3 is 2.41 bits per heavy atom. The zero-order valence-corrected chi connectivity index (χ0v) is 22.1. The highest BCUT2D eigenvalue weighted by Crippen LogP contribution is 2.34. The van der Waals surface area contributed by atoms with Gasteiger partial charge in [-0.1, -0.05) is 60.7 Å². The SMILES string of the molecule is CCc1cccc2sc(N(Cc3ccccc3)C(=O)C3CCN(S(=O)(=O)c4ccc(F)cc4)CC3)nc12. The average Bonchev–Trinajstić information content (AvgIpc) is 3.36. The quantitative estimate of drug-likeness (QED) is 0.306. The van der Waals surface area contributed by atoms with Crippen molar-refractivity contribution in [3.05, 3.63) is 89.7 Å². The van der Waals surface area contributed by atoms with Crippen molar-refractivity contribution in [3.8, 4) is 0 Å². The van der Waals surface area contributed by atoms with Crippen LogP contribution in [-0.4, -0.2) is 36.7 Å². The van der Waals surface area contributed by atoms with Crippen LogP contribution in [0.5, 0.6) is 0 Å². The van der Waals surface area contributed by atoms with E-state index in [1.54, 1.807) is 4.90 Å². The van der Waals surface area contributed by atoms with Gasteiger partial charge in [-0.3, -0.25) is 9.69 Å². The summed E-state index contributed by atoms with van der Waals surface area (Å²) in [5, 5.41) is 0.658. The monoisotopic (exact) mass is 537 g/mol. The van der Waals surface area contributed by atoms with E-state index in [4.69, 9.17) is 4.98 Å². The predicted octanol–water partition coefficient (Wildman–Crippen LogP) is 5.63. The summed E-state index contributed by atoms with van der Waals surface area (Å²) in [6, 6.07) is 20.8. The Labute approximate surface area is 220 Å². The maximum absolute atomic E-state index is 13.9. The Morgan fingerprint density at radius 2 is 1.73 bits per heavy atom. The summed E-state index contributed by atoms with van der Waals surface area (Å²) in [5.74, 6) is -0.844. The third kappa shape index (κ3) is 5.30. The molecule has 5 rings (SSSR count). The molecule has 2 heterocycles. The number of hydrogen-bond donors (Lipinski definition) is 0. The predicted molar refractivity (Wildman–Crippen MR) is 145 cm³/mol. The van der Waals surface area contributed by atoms with Gasteiger partial charge in [-0.15, -0.1) is 0 Å². The van der Waals surface area contributed by atoms with Gasteiger partial charge >= 0.3 is 0 Å². The van der Waals surface area contributed by atoms with Gasteiger partial charge in [-0.25, -0.2) is 17.8 Å². The van der Waals surface area contributed by atoms with Gasteiger partial charge in [-0.05, 0) is 60.7 Å². The maximum atomic E-state index is 13.9. The van der Waals surface area contributed by atoms with Crippen LogP contribution in [0.1, 0.15) is 30.9 Å². The van der Waals surface area contributed by atoms with E-state index in [1.165, 1.54) is 27.8 Å². The van der Waals surface area contributed by atoms with E-state index in [1.807, 2.05) is 42.5 Å². The molecular weight excluding hydrogens is 509 g/mol. The molecule has 3 aromatic carbocycles. The second-order valence-electron chi connectivity index (χ2n) is 9.16. The number of anilines is 1. The first-order valence-corrected chi connectivity index (χ1v) is 14.6. The van der Waals surface area contributed by atoms with Crippen LogP contribution in [0.4, 0.5) is 9.52 Å². The van der Waals surface area contributed by atoms with E-state index in [0.717, 1.165) is 39.9 Å². The molecule has 1 aliphatic rings. The number of halogens is 1. The lowest BCUT2D eigenvalue weighted by atomic mass is 9.96. The van der Waals surface area contributed by atoms with Crippen LogP contribution in [-0.2, 0) is 27.8 Å². The van der Waals surface area contributed by atoms with Crippen LogP contribution in [0.3, 0.4) is 0 Å². The molecule has 0 aliphatic carbocycles. The second kappa shape index (κ2) is 10.7. The summed E-state index contributed by atoms with van der Waals surface area (Å²) in [6.45, 7) is 2.95. The highest BCUT2D eigenvalue weighted by Gasteiger charge is 2.35. The minimum atomic E-state index is -3.74. The zero-order valence-electron chi connectivity index (χ0n) is 20.5. The summed E-state index contributed by atoms with van der Waals surface area (Å²) >= 11 is 1.51. The van der Waals surface area contributed by atoms with Crippen molar-refractivity contribution in [1.29, 1.82) is 0 Å². The number of piperidine rings is 1. The Morgan fingerprint density at radius 1 is 1.03 bits per heavy atom. The third-order valence-corrected chi connectivity index (χ3v) is 9.76. The fourth-order valence-electron chi connectivity index (χ4n) is 4.72. The number of fused-ring (bicyclic) bond motifs is 1. The van der Waals surface area contributed by atoms with Crippen LogP contribution in [0, 0.1) is 11.7 Å². The Bertz CT molecular complexity index is 1500. The Balaban J connectivity index is 1.38. The molecule has 0 radical (unpaired) electrons. The van der Waals surface area contributed by atoms with Crippen LogP contribution in [0.15, 0.2) is 77.7 Å². The smallest absolute Gasteiger partial charge is 0.243 e. The number of benzene rings is 3. The first-order valence-electron chi connectivity index (χ1n) is 12.4. The minimum absolute atomic E-state index is 0.0419. The van der Waals surface area contributed by atoms with Crippen LogP contribution in [0.2, 0.25) is 0 Å². The summed E-state index contributed by atoms with van der Waals surface area (Å²) < 4.78 is 41.8. The molecule has 0 saturated carbocycles. The van der Waals surface area contributed by atoms with Crippen molar-refractivity contribution in [2.75, 3.05) is 18.0 Å². The molecule has 1 saturated heterocycles. The lowest BCUT2D eigenvalue weighted by Gasteiger charge is -2.33. The maximum Gasteiger partial charge on any atom is 0.243 e. The number of carbonyl (C=O) groups excluding carboxylic acids is 1. The molecule has 0 unspecified atom stereocenters. The number of thiazole rings is 1. The van der Waals surface area contributed by atoms with Crippen molar-refractivity contribution < 1.29 is 17.6 Å². The van der Waals surface area contributed by atoms with Gasteiger partial charge in [0, 0.05) is 19.0 Å². The molecule has 0 N–H and O–H groups in total. The second-order valence-corrected chi connectivity index (χ2v) is 12.1. The largest absolute Gasteiger partial charge is 0.283 e. The van der Waals surface area contributed by atoms with E-state index in [0.29, 0.717) is 24.5 Å². The normalized spacial score (nSPS) is 15.2. The van der Waals surface area contributed by atoms with Crippen LogP contribution < -0.4 is 4.90 Å². The fourth-order valence-corrected chi connectivity index (χ4v) is 7.21. The molecule has 4 aromatic rings. The number of sulfonamides is 1. The Hall–Kier alpha value is -3.14. The van der Waals surface area contributed by atoms with Crippen molar-refractivity contribution in [3.63, 3.8) is 0 Å². The molecule has 0 atom stereocenters. The van der Waals surface area contributed by atoms with Crippen LogP contribution in [0.25, 0.3) is 10.2 Å². The number of carbonyl (C=O) groups is 1. The number of nitrogens with zero attached hydrogens (tertiary/aromatic N) is 3. The molecule has 37 heavy (non-hydrogen) atoms. The lowest BCUT2D eigenvalue weighted by Crippen LogP contribution is -2.44.